The fraction of sp³-hybridized carbons (Fsp3) is 0.647. The van der Waals surface area contributed by atoms with Gasteiger partial charge in [0.2, 0.25) is 0 Å². The summed E-state index contributed by atoms with van der Waals surface area (Å²) in [4.78, 5) is 0. The normalized spacial score (nSPS) is 29.8. The summed E-state index contributed by atoms with van der Waals surface area (Å²) in [5.74, 6) is 1.91. The molecule has 0 amide bonds. The van der Waals surface area contributed by atoms with Crippen LogP contribution >= 0.6 is 0 Å². The third-order valence-corrected chi connectivity index (χ3v) is 4.65. The summed E-state index contributed by atoms with van der Waals surface area (Å²) in [7, 11) is 0. The zero-order chi connectivity index (χ0) is 13.1. The Labute approximate surface area is 116 Å². The van der Waals surface area contributed by atoms with Gasteiger partial charge >= 0.3 is 0 Å². The Hall–Kier alpha value is -1.02. The molecule has 3 rings (SSSR count). The van der Waals surface area contributed by atoms with Crippen LogP contribution < -0.4 is 10.1 Å². The molecule has 2 heteroatoms. The average molecular weight is 259 g/mol. The SMILES string of the molecule is CCNC1CCCCC1CC1Cc2ccccc2O1. The number of hydrogen-bond donors (Lipinski definition) is 1. The highest BCUT2D eigenvalue weighted by atomic mass is 16.5. The van der Waals surface area contributed by atoms with E-state index in [-0.39, 0.29) is 0 Å². The van der Waals surface area contributed by atoms with Gasteiger partial charge in [-0.3, -0.25) is 0 Å². The lowest BCUT2D eigenvalue weighted by Crippen LogP contribution is -2.40. The predicted octanol–water partition coefficient (Wildman–Crippen LogP) is 3.55. The van der Waals surface area contributed by atoms with E-state index in [9.17, 15) is 0 Å². The van der Waals surface area contributed by atoms with Crippen LogP contribution in [-0.4, -0.2) is 18.7 Å². The second-order valence-corrected chi connectivity index (χ2v) is 6.00. The van der Waals surface area contributed by atoms with Crippen LogP contribution in [0.25, 0.3) is 0 Å². The van der Waals surface area contributed by atoms with Crippen LogP contribution in [0.15, 0.2) is 24.3 Å². The molecule has 0 spiro atoms. The molecule has 1 aliphatic carbocycles. The van der Waals surface area contributed by atoms with Gasteiger partial charge in [-0.05, 0) is 43.4 Å². The summed E-state index contributed by atoms with van der Waals surface area (Å²) in [5.41, 5.74) is 1.39. The highest BCUT2D eigenvalue weighted by Gasteiger charge is 2.30. The first kappa shape index (κ1) is 13.0. The maximum atomic E-state index is 6.11. The van der Waals surface area contributed by atoms with Crippen molar-refractivity contribution in [3.8, 4) is 5.75 Å². The van der Waals surface area contributed by atoms with Crippen molar-refractivity contribution in [1.82, 2.24) is 5.32 Å². The first-order valence-corrected chi connectivity index (χ1v) is 7.84. The van der Waals surface area contributed by atoms with E-state index in [1.807, 2.05) is 0 Å². The van der Waals surface area contributed by atoms with E-state index in [4.69, 9.17) is 4.74 Å². The summed E-state index contributed by atoms with van der Waals surface area (Å²) in [6.07, 6.45) is 8.22. The number of benzene rings is 1. The van der Waals surface area contributed by atoms with Crippen molar-refractivity contribution in [3.63, 3.8) is 0 Å². The van der Waals surface area contributed by atoms with E-state index in [0.717, 1.165) is 24.6 Å². The maximum Gasteiger partial charge on any atom is 0.123 e. The van der Waals surface area contributed by atoms with Crippen molar-refractivity contribution in [2.24, 2.45) is 5.92 Å². The third kappa shape index (κ3) is 2.94. The molecule has 1 aliphatic heterocycles. The Kier molecular flexibility index (Phi) is 4.07. The van der Waals surface area contributed by atoms with Crippen LogP contribution in [0.4, 0.5) is 0 Å². The van der Waals surface area contributed by atoms with E-state index in [0.29, 0.717) is 12.1 Å². The van der Waals surface area contributed by atoms with Crippen molar-refractivity contribution in [1.29, 1.82) is 0 Å². The summed E-state index contributed by atoms with van der Waals surface area (Å²) in [5, 5.41) is 3.67. The van der Waals surface area contributed by atoms with Gasteiger partial charge in [0.25, 0.3) is 0 Å². The molecular formula is C17H25NO. The summed E-state index contributed by atoms with van der Waals surface area (Å²) < 4.78 is 6.11. The van der Waals surface area contributed by atoms with E-state index < -0.39 is 0 Å². The lowest BCUT2D eigenvalue weighted by atomic mass is 9.80. The first-order valence-electron chi connectivity index (χ1n) is 7.84. The molecule has 1 aromatic carbocycles. The molecule has 1 aromatic rings. The van der Waals surface area contributed by atoms with Gasteiger partial charge in [0.15, 0.2) is 0 Å². The van der Waals surface area contributed by atoms with Crippen molar-refractivity contribution < 1.29 is 4.74 Å². The highest BCUT2D eigenvalue weighted by molar-refractivity contribution is 5.37. The first-order chi connectivity index (χ1) is 9.36. The van der Waals surface area contributed by atoms with Crippen LogP contribution in [0.2, 0.25) is 0 Å². The molecule has 3 unspecified atom stereocenters. The lowest BCUT2D eigenvalue weighted by Gasteiger charge is -2.33. The van der Waals surface area contributed by atoms with Gasteiger partial charge in [0.1, 0.15) is 11.9 Å². The van der Waals surface area contributed by atoms with Crippen molar-refractivity contribution in [3.05, 3.63) is 29.8 Å². The van der Waals surface area contributed by atoms with Gasteiger partial charge < -0.3 is 10.1 Å². The Morgan fingerprint density at radius 1 is 1.21 bits per heavy atom. The minimum Gasteiger partial charge on any atom is -0.490 e. The predicted molar refractivity (Wildman–Crippen MR) is 78.6 cm³/mol. The highest BCUT2D eigenvalue weighted by Crippen LogP contribution is 2.34. The second kappa shape index (κ2) is 5.96. The molecule has 1 N–H and O–H groups in total. The molecule has 104 valence electrons. The molecular weight excluding hydrogens is 234 g/mol. The minimum atomic E-state index is 0.404. The van der Waals surface area contributed by atoms with Crippen molar-refractivity contribution in [2.75, 3.05) is 6.54 Å². The summed E-state index contributed by atoms with van der Waals surface area (Å²) >= 11 is 0. The van der Waals surface area contributed by atoms with Gasteiger partial charge in [-0.2, -0.15) is 0 Å². The van der Waals surface area contributed by atoms with E-state index >= 15 is 0 Å². The molecule has 0 aromatic heterocycles. The topological polar surface area (TPSA) is 21.3 Å². The molecule has 1 saturated carbocycles. The number of nitrogens with one attached hydrogen (secondary N) is 1. The van der Waals surface area contributed by atoms with Gasteiger partial charge in [0, 0.05) is 12.5 Å². The van der Waals surface area contributed by atoms with Gasteiger partial charge in [-0.1, -0.05) is 38.0 Å². The quantitative estimate of drug-likeness (QED) is 0.893. The average Bonchev–Trinajstić information content (AvgIpc) is 2.83. The van der Waals surface area contributed by atoms with Crippen LogP contribution in [-0.2, 0) is 6.42 Å². The summed E-state index contributed by atoms with van der Waals surface area (Å²) in [6.45, 7) is 3.31. The molecule has 2 nitrogen and oxygen atoms in total. The monoisotopic (exact) mass is 259 g/mol. The molecule has 2 aliphatic rings. The standard InChI is InChI=1S/C17H25NO/c1-2-18-16-9-5-3-7-13(16)11-15-12-14-8-4-6-10-17(14)19-15/h4,6,8,10,13,15-16,18H,2-3,5,7,9,11-12H2,1H3. The third-order valence-electron chi connectivity index (χ3n) is 4.65. The van der Waals surface area contributed by atoms with E-state index in [1.165, 1.54) is 37.7 Å². The Bertz CT molecular complexity index is 390. The smallest absolute Gasteiger partial charge is 0.123 e. The molecule has 19 heavy (non-hydrogen) atoms. The molecule has 0 radical (unpaired) electrons. The fourth-order valence-corrected chi connectivity index (χ4v) is 3.74. The second-order valence-electron chi connectivity index (χ2n) is 6.00. The number of hydrogen-bond acceptors (Lipinski definition) is 2. The molecule has 1 heterocycles. The Balaban J connectivity index is 1.60. The molecule has 3 atom stereocenters. The molecule has 0 saturated heterocycles. The van der Waals surface area contributed by atoms with Crippen molar-refractivity contribution >= 4 is 0 Å². The van der Waals surface area contributed by atoms with Crippen LogP contribution in [0.5, 0.6) is 5.75 Å². The molecule has 1 fully saturated rings. The van der Waals surface area contributed by atoms with Crippen LogP contribution in [0, 0.1) is 5.92 Å². The fourth-order valence-electron chi connectivity index (χ4n) is 3.74. The maximum absolute atomic E-state index is 6.11. The Morgan fingerprint density at radius 2 is 2.05 bits per heavy atom. The number of ether oxygens (including phenoxy) is 1. The zero-order valence-corrected chi connectivity index (χ0v) is 11.9. The van der Waals surface area contributed by atoms with Crippen molar-refractivity contribution in [2.45, 2.75) is 57.6 Å². The van der Waals surface area contributed by atoms with Crippen LogP contribution in [0.1, 0.15) is 44.6 Å². The lowest BCUT2D eigenvalue weighted by molar-refractivity contribution is 0.153. The van der Waals surface area contributed by atoms with E-state index in [2.05, 4.69) is 36.5 Å². The van der Waals surface area contributed by atoms with E-state index in [1.54, 1.807) is 0 Å². The Morgan fingerprint density at radius 3 is 2.89 bits per heavy atom. The zero-order valence-electron chi connectivity index (χ0n) is 11.9. The number of rotatable bonds is 4. The van der Waals surface area contributed by atoms with Gasteiger partial charge in [-0.25, -0.2) is 0 Å². The summed E-state index contributed by atoms with van der Waals surface area (Å²) in [6, 6.07) is 9.22. The number of para-hydroxylation sites is 1. The van der Waals surface area contributed by atoms with Gasteiger partial charge in [-0.15, -0.1) is 0 Å². The number of fused-ring (bicyclic) bond motifs is 1. The minimum absolute atomic E-state index is 0.404. The van der Waals surface area contributed by atoms with Crippen LogP contribution in [0.3, 0.4) is 0 Å². The molecule has 0 bridgehead atoms. The van der Waals surface area contributed by atoms with Gasteiger partial charge in [0.05, 0.1) is 0 Å². The largest absolute Gasteiger partial charge is 0.490 e.